The summed E-state index contributed by atoms with van der Waals surface area (Å²) in [6, 6.07) is 15.4. The van der Waals surface area contributed by atoms with E-state index >= 15 is 0 Å². The Labute approximate surface area is 115 Å². The smallest absolute Gasteiger partial charge is 0.300 e. The van der Waals surface area contributed by atoms with Crippen LogP contribution >= 0.6 is 0 Å². The van der Waals surface area contributed by atoms with E-state index in [-0.39, 0.29) is 0 Å². The van der Waals surface area contributed by atoms with Gasteiger partial charge >= 0.3 is 0 Å². The van der Waals surface area contributed by atoms with Gasteiger partial charge in [-0.25, -0.2) is 0 Å². The van der Waals surface area contributed by atoms with Crippen molar-refractivity contribution in [1.82, 2.24) is 4.98 Å². The number of fused-ring (bicyclic) bond motifs is 1. The monoisotopic (exact) mass is 264 g/mol. The van der Waals surface area contributed by atoms with E-state index in [1.807, 2.05) is 24.3 Å². The lowest BCUT2D eigenvalue weighted by Crippen LogP contribution is -1.90. The number of anilines is 3. The van der Waals surface area contributed by atoms with E-state index in [0.717, 1.165) is 11.3 Å². The number of benzene rings is 2. The standard InChI is InChI=1S/C15H12N4O/c16-8-7-10-1-4-12(5-2-10)18-15-19-13-9-11(17)3-6-14(13)20-15/h1-6,9H,7,17H2,(H,18,19). The highest BCUT2D eigenvalue weighted by Gasteiger charge is 2.06. The first-order valence-corrected chi connectivity index (χ1v) is 6.13. The van der Waals surface area contributed by atoms with Gasteiger partial charge in [-0.05, 0) is 35.9 Å². The van der Waals surface area contributed by atoms with Crippen molar-refractivity contribution in [2.45, 2.75) is 6.42 Å². The van der Waals surface area contributed by atoms with Crippen molar-refractivity contribution in [3.8, 4) is 6.07 Å². The molecule has 0 aliphatic carbocycles. The number of aromatic nitrogens is 1. The maximum absolute atomic E-state index is 8.63. The summed E-state index contributed by atoms with van der Waals surface area (Å²) in [5.74, 6) is 0. The van der Waals surface area contributed by atoms with E-state index in [1.54, 1.807) is 18.2 Å². The maximum Gasteiger partial charge on any atom is 0.300 e. The van der Waals surface area contributed by atoms with Gasteiger partial charge < -0.3 is 15.5 Å². The van der Waals surface area contributed by atoms with Crippen LogP contribution in [0.3, 0.4) is 0 Å². The Morgan fingerprint density at radius 3 is 2.75 bits per heavy atom. The second-order valence-corrected chi connectivity index (χ2v) is 4.40. The van der Waals surface area contributed by atoms with Crippen LogP contribution in [0.5, 0.6) is 0 Å². The largest absolute Gasteiger partial charge is 0.423 e. The lowest BCUT2D eigenvalue weighted by atomic mass is 10.1. The van der Waals surface area contributed by atoms with Crippen LogP contribution in [-0.2, 0) is 6.42 Å². The zero-order valence-corrected chi connectivity index (χ0v) is 10.6. The molecule has 5 nitrogen and oxygen atoms in total. The highest BCUT2D eigenvalue weighted by atomic mass is 16.4. The third-order valence-electron chi connectivity index (χ3n) is 2.90. The van der Waals surface area contributed by atoms with Crippen molar-refractivity contribution in [1.29, 1.82) is 5.26 Å². The molecule has 0 saturated carbocycles. The zero-order valence-electron chi connectivity index (χ0n) is 10.6. The molecule has 0 fully saturated rings. The van der Waals surface area contributed by atoms with E-state index in [4.69, 9.17) is 15.4 Å². The highest BCUT2D eigenvalue weighted by Crippen LogP contribution is 2.23. The first-order chi connectivity index (χ1) is 9.74. The fourth-order valence-corrected chi connectivity index (χ4v) is 1.92. The van der Waals surface area contributed by atoms with Gasteiger partial charge in [0.15, 0.2) is 5.58 Å². The molecule has 1 heterocycles. The molecule has 0 saturated heterocycles. The second-order valence-electron chi connectivity index (χ2n) is 4.40. The van der Waals surface area contributed by atoms with Gasteiger partial charge in [0.2, 0.25) is 0 Å². The molecule has 1 aromatic heterocycles. The molecule has 0 spiro atoms. The van der Waals surface area contributed by atoms with Gasteiger partial charge in [-0.1, -0.05) is 12.1 Å². The average Bonchev–Trinajstić information content (AvgIpc) is 2.82. The Morgan fingerprint density at radius 2 is 2.00 bits per heavy atom. The number of oxazole rings is 1. The van der Waals surface area contributed by atoms with Gasteiger partial charge in [-0.3, -0.25) is 0 Å². The average molecular weight is 264 g/mol. The molecule has 0 amide bonds. The minimum atomic E-state index is 0.405. The minimum absolute atomic E-state index is 0.405. The van der Waals surface area contributed by atoms with Crippen molar-refractivity contribution in [3.63, 3.8) is 0 Å². The Bertz CT molecular complexity index is 784. The highest BCUT2D eigenvalue weighted by molar-refractivity contribution is 5.78. The van der Waals surface area contributed by atoms with Gasteiger partial charge in [-0.15, -0.1) is 0 Å². The number of nitrogens with one attached hydrogen (secondary N) is 1. The summed E-state index contributed by atoms with van der Waals surface area (Å²) >= 11 is 0. The molecule has 3 N–H and O–H groups in total. The van der Waals surface area contributed by atoms with Gasteiger partial charge in [-0.2, -0.15) is 10.2 Å². The number of nitrogens with two attached hydrogens (primary N) is 1. The summed E-state index contributed by atoms with van der Waals surface area (Å²) in [5, 5.41) is 11.7. The predicted molar refractivity (Wildman–Crippen MR) is 77.5 cm³/mol. The van der Waals surface area contributed by atoms with Crippen LogP contribution in [0.2, 0.25) is 0 Å². The third-order valence-corrected chi connectivity index (χ3v) is 2.90. The van der Waals surface area contributed by atoms with Gasteiger partial charge in [0, 0.05) is 11.4 Å². The zero-order chi connectivity index (χ0) is 13.9. The van der Waals surface area contributed by atoms with Gasteiger partial charge in [0.25, 0.3) is 6.01 Å². The fourth-order valence-electron chi connectivity index (χ4n) is 1.92. The molecular formula is C15H12N4O. The Morgan fingerprint density at radius 1 is 1.20 bits per heavy atom. The Hall–Kier alpha value is -3.00. The Balaban J connectivity index is 1.83. The minimum Gasteiger partial charge on any atom is -0.423 e. The second kappa shape index (κ2) is 4.94. The van der Waals surface area contributed by atoms with E-state index in [1.165, 1.54) is 0 Å². The molecule has 98 valence electrons. The number of hydrogen-bond acceptors (Lipinski definition) is 5. The Kier molecular flexibility index (Phi) is 2.98. The van der Waals surface area contributed by atoms with E-state index < -0.39 is 0 Å². The van der Waals surface area contributed by atoms with Crippen LogP contribution < -0.4 is 11.1 Å². The molecule has 20 heavy (non-hydrogen) atoms. The lowest BCUT2D eigenvalue weighted by Gasteiger charge is -2.01. The molecule has 3 aromatic rings. The van der Waals surface area contributed by atoms with Crippen LogP contribution in [0, 0.1) is 11.3 Å². The van der Waals surface area contributed by atoms with Crippen LogP contribution in [0.15, 0.2) is 46.9 Å². The molecule has 0 atom stereocenters. The summed E-state index contributed by atoms with van der Waals surface area (Å²) in [7, 11) is 0. The summed E-state index contributed by atoms with van der Waals surface area (Å²) < 4.78 is 5.57. The SMILES string of the molecule is N#CCc1ccc(Nc2nc3cc(N)ccc3o2)cc1. The number of hydrogen-bond donors (Lipinski definition) is 2. The third kappa shape index (κ3) is 2.40. The summed E-state index contributed by atoms with van der Waals surface area (Å²) in [5.41, 5.74) is 9.58. The van der Waals surface area contributed by atoms with Crippen LogP contribution in [0.25, 0.3) is 11.1 Å². The first-order valence-electron chi connectivity index (χ1n) is 6.13. The van der Waals surface area contributed by atoms with Gasteiger partial charge in [0.1, 0.15) is 5.52 Å². The number of nitrogen functional groups attached to an aromatic ring is 1. The number of nitrogens with zero attached hydrogens (tertiary/aromatic N) is 2. The van der Waals surface area contributed by atoms with Crippen molar-refractivity contribution >= 4 is 28.5 Å². The summed E-state index contributed by atoms with van der Waals surface area (Å²) in [6.07, 6.45) is 0.405. The van der Waals surface area contributed by atoms with E-state index in [2.05, 4.69) is 16.4 Å². The maximum atomic E-state index is 8.63. The van der Waals surface area contributed by atoms with Gasteiger partial charge in [0.05, 0.1) is 12.5 Å². The molecule has 0 unspecified atom stereocenters. The molecule has 0 radical (unpaired) electrons. The molecule has 2 aromatic carbocycles. The van der Waals surface area contributed by atoms with E-state index in [0.29, 0.717) is 29.2 Å². The quantitative estimate of drug-likeness (QED) is 0.709. The van der Waals surface area contributed by atoms with Crippen LogP contribution in [0.4, 0.5) is 17.4 Å². The van der Waals surface area contributed by atoms with Crippen molar-refractivity contribution in [3.05, 3.63) is 48.0 Å². The molecule has 0 aliphatic rings. The lowest BCUT2D eigenvalue weighted by molar-refractivity contribution is 0.623. The van der Waals surface area contributed by atoms with E-state index in [9.17, 15) is 0 Å². The number of rotatable bonds is 3. The normalized spacial score (nSPS) is 10.3. The molecular weight excluding hydrogens is 252 g/mol. The summed E-state index contributed by atoms with van der Waals surface area (Å²) in [6.45, 7) is 0. The molecule has 0 bridgehead atoms. The first kappa shape index (κ1) is 12.1. The van der Waals surface area contributed by atoms with Crippen molar-refractivity contribution in [2.24, 2.45) is 0 Å². The fraction of sp³-hybridized carbons (Fsp3) is 0.0667. The molecule has 0 aliphatic heterocycles. The van der Waals surface area contributed by atoms with Crippen molar-refractivity contribution < 1.29 is 4.42 Å². The van der Waals surface area contributed by atoms with Crippen LogP contribution in [0.1, 0.15) is 5.56 Å². The topological polar surface area (TPSA) is 87.9 Å². The number of nitriles is 1. The predicted octanol–water partition coefficient (Wildman–Crippen LogP) is 3.22. The molecule has 5 heteroatoms. The molecule has 3 rings (SSSR count). The summed E-state index contributed by atoms with van der Waals surface area (Å²) in [4.78, 5) is 4.32. The van der Waals surface area contributed by atoms with Crippen molar-refractivity contribution in [2.75, 3.05) is 11.1 Å². The van der Waals surface area contributed by atoms with Crippen LogP contribution in [-0.4, -0.2) is 4.98 Å².